The van der Waals surface area contributed by atoms with Crippen LogP contribution in [0.1, 0.15) is 53.3 Å². The van der Waals surface area contributed by atoms with Crippen LogP contribution in [0.25, 0.3) is 0 Å². The quantitative estimate of drug-likeness (QED) is 0.870. The number of aryl methyl sites for hydroxylation is 1. The molecule has 0 bridgehead atoms. The van der Waals surface area contributed by atoms with Crippen LogP contribution in [0.5, 0.6) is 0 Å². The number of nitrogens with one attached hydrogen (secondary N) is 1. The van der Waals surface area contributed by atoms with Crippen LogP contribution in [0.2, 0.25) is 0 Å². The van der Waals surface area contributed by atoms with Crippen molar-refractivity contribution < 1.29 is 9.18 Å². The molecule has 1 N–H and O–H groups in total. The summed E-state index contributed by atoms with van der Waals surface area (Å²) in [7, 11) is 0. The summed E-state index contributed by atoms with van der Waals surface area (Å²) >= 11 is 0. The highest BCUT2D eigenvalue weighted by molar-refractivity contribution is 5.97. The van der Waals surface area contributed by atoms with Crippen LogP contribution >= 0.6 is 0 Å². The Labute approximate surface area is 117 Å². The van der Waals surface area contributed by atoms with Gasteiger partial charge in [0.2, 0.25) is 0 Å². The lowest BCUT2D eigenvalue weighted by atomic mass is 9.92. The molecule has 4 heteroatoms. The number of carbonyl (C=O) groups excluding carboxylic acids is 1. The zero-order valence-corrected chi connectivity index (χ0v) is 11.4. The first kappa shape index (κ1) is 13.0. The molecular weight excluding hydrogens is 255 g/mol. The Hall–Kier alpha value is -1.97. The number of fused-ring (bicyclic) bond motifs is 1. The lowest BCUT2D eigenvalue weighted by Crippen LogP contribution is -2.06. The Kier molecular flexibility index (Phi) is 3.38. The van der Waals surface area contributed by atoms with Gasteiger partial charge in [0.15, 0.2) is 5.78 Å². The average molecular weight is 272 g/mol. The van der Waals surface area contributed by atoms with E-state index in [-0.39, 0.29) is 18.0 Å². The summed E-state index contributed by atoms with van der Waals surface area (Å²) in [6.07, 6.45) is 3.58. The minimum Gasteiger partial charge on any atom is -0.345 e. The number of aromatic nitrogens is 2. The highest BCUT2D eigenvalue weighted by atomic mass is 19.1. The second-order valence-corrected chi connectivity index (χ2v) is 5.45. The topological polar surface area (TPSA) is 45.8 Å². The Morgan fingerprint density at radius 2 is 2.15 bits per heavy atom. The van der Waals surface area contributed by atoms with Gasteiger partial charge >= 0.3 is 0 Å². The van der Waals surface area contributed by atoms with Crippen LogP contribution in [0.15, 0.2) is 24.3 Å². The van der Waals surface area contributed by atoms with Crippen molar-refractivity contribution in [2.45, 2.75) is 38.5 Å². The lowest BCUT2D eigenvalue weighted by Gasteiger charge is -2.15. The molecule has 3 nitrogen and oxygen atoms in total. The van der Waals surface area contributed by atoms with Crippen molar-refractivity contribution >= 4 is 5.78 Å². The number of aromatic amines is 1. The number of benzene rings is 1. The fraction of sp³-hybridized carbons (Fsp3) is 0.375. The number of H-pyrrole nitrogens is 1. The molecule has 2 aromatic rings. The van der Waals surface area contributed by atoms with Gasteiger partial charge in [-0.1, -0.05) is 6.92 Å². The molecule has 0 radical (unpaired) electrons. The molecular formula is C16H17FN2O. The van der Waals surface area contributed by atoms with E-state index in [2.05, 4.69) is 16.9 Å². The Morgan fingerprint density at radius 3 is 2.85 bits per heavy atom. The van der Waals surface area contributed by atoms with Gasteiger partial charge in [-0.2, -0.15) is 0 Å². The van der Waals surface area contributed by atoms with Crippen LogP contribution < -0.4 is 0 Å². The lowest BCUT2D eigenvalue weighted by molar-refractivity contribution is 0.0991. The van der Waals surface area contributed by atoms with Gasteiger partial charge in [-0.25, -0.2) is 9.37 Å². The van der Waals surface area contributed by atoms with E-state index >= 15 is 0 Å². The van der Waals surface area contributed by atoms with Gasteiger partial charge in [-0.15, -0.1) is 0 Å². The Morgan fingerprint density at radius 1 is 1.40 bits per heavy atom. The Bertz CT molecular complexity index is 630. The first-order chi connectivity index (χ1) is 9.63. The van der Waals surface area contributed by atoms with E-state index in [1.165, 1.54) is 36.4 Å². The smallest absolute Gasteiger partial charge is 0.170 e. The van der Waals surface area contributed by atoms with Gasteiger partial charge in [0, 0.05) is 17.2 Å². The summed E-state index contributed by atoms with van der Waals surface area (Å²) in [6, 6.07) is 5.65. The van der Waals surface area contributed by atoms with E-state index in [1.54, 1.807) is 0 Å². The van der Waals surface area contributed by atoms with Crippen LogP contribution in [0, 0.1) is 5.82 Å². The van der Waals surface area contributed by atoms with E-state index in [0.29, 0.717) is 11.5 Å². The predicted molar refractivity (Wildman–Crippen MR) is 74.4 cm³/mol. The van der Waals surface area contributed by atoms with Gasteiger partial charge in [-0.3, -0.25) is 4.79 Å². The molecule has 104 valence electrons. The molecule has 0 spiro atoms. The number of ketones is 1. The molecule has 1 atom stereocenters. The molecule has 0 fully saturated rings. The minimum atomic E-state index is -0.330. The van der Waals surface area contributed by atoms with E-state index < -0.39 is 0 Å². The Balaban J connectivity index is 1.78. The average Bonchev–Trinajstić information content (AvgIpc) is 2.83. The van der Waals surface area contributed by atoms with Gasteiger partial charge in [0.05, 0.1) is 12.1 Å². The van der Waals surface area contributed by atoms with E-state index in [1.807, 2.05) is 0 Å². The van der Waals surface area contributed by atoms with Gasteiger partial charge in [-0.05, 0) is 43.5 Å². The van der Waals surface area contributed by atoms with Gasteiger partial charge in [0.25, 0.3) is 0 Å². The molecule has 1 heterocycles. The number of imidazole rings is 1. The van der Waals surface area contributed by atoms with E-state index in [4.69, 9.17) is 0 Å². The van der Waals surface area contributed by atoms with E-state index in [9.17, 15) is 9.18 Å². The van der Waals surface area contributed by atoms with Crippen LogP contribution in [-0.2, 0) is 12.8 Å². The molecule has 20 heavy (non-hydrogen) atoms. The van der Waals surface area contributed by atoms with E-state index in [0.717, 1.165) is 24.4 Å². The number of rotatable bonds is 3. The number of halogens is 1. The maximum atomic E-state index is 12.8. The van der Waals surface area contributed by atoms with Crippen molar-refractivity contribution in [3.8, 4) is 0 Å². The summed E-state index contributed by atoms with van der Waals surface area (Å²) < 4.78 is 12.8. The van der Waals surface area contributed by atoms with Crippen molar-refractivity contribution in [1.82, 2.24) is 9.97 Å². The fourth-order valence-corrected chi connectivity index (χ4v) is 2.77. The third-order valence-electron chi connectivity index (χ3n) is 3.88. The molecule has 1 aromatic carbocycles. The zero-order chi connectivity index (χ0) is 14.1. The SMILES string of the molecule is CC1CCCc2[nH]c(CC(=O)c3ccc(F)cc3)nc21. The third-order valence-corrected chi connectivity index (χ3v) is 3.88. The molecule has 1 aliphatic rings. The monoisotopic (exact) mass is 272 g/mol. The van der Waals surface area contributed by atoms with Crippen molar-refractivity contribution in [3.63, 3.8) is 0 Å². The minimum absolute atomic E-state index is 0.0382. The molecule has 1 unspecified atom stereocenters. The number of nitrogens with zero attached hydrogens (tertiary/aromatic N) is 1. The first-order valence-electron chi connectivity index (χ1n) is 7.00. The summed E-state index contributed by atoms with van der Waals surface area (Å²) in [5, 5.41) is 0. The molecule has 0 saturated carbocycles. The summed E-state index contributed by atoms with van der Waals surface area (Å²) in [5.74, 6) is 0.815. The molecule has 0 amide bonds. The number of hydrogen-bond acceptors (Lipinski definition) is 2. The largest absolute Gasteiger partial charge is 0.345 e. The van der Waals surface area contributed by atoms with Crippen LogP contribution in [0.4, 0.5) is 4.39 Å². The number of hydrogen-bond donors (Lipinski definition) is 1. The molecule has 0 aliphatic heterocycles. The molecule has 3 rings (SSSR count). The second-order valence-electron chi connectivity index (χ2n) is 5.45. The second kappa shape index (κ2) is 5.19. The van der Waals surface area contributed by atoms with Crippen molar-refractivity contribution in [2.24, 2.45) is 0 Å². The molecule has 1 aromatic heterocycles. The highest BCUT2D eigenvalue weighted by Gasteiger charge is 2.21. The normalized spacial score (nSPS) is 17.8. The predicted octanol–water partition coefficient (Wildman–Crippen LogP) is 3.41. The van der Waals surface area contributed by atoms with Crippen molar-refractivity contribution in [3.05, 3.63) is 52.9 Å². The highest BCUT2D eigenvalue weighted by Crippen LogP contribution is 2.29. The van der Waals surface area contributed by atoms with Crippen molar-refractivity contribution in [2.75, 3.05) is 0 Å². The molecule has 0 saturated heterocycles. The van der Waals surface area contributed by atoms with Crippen LogP contribution in [-0.4, -0.2) is 15.8 Å². The summed E-state index contributed by atoms with van der Waals surface area (Å²) in [6.45, 7) is 2.17. The van der Waals surface area contributed by atoms with Crippen molar-refractivity contribution in [1.29, 1.82) is 0 Å². The third kappa shape index (κ3) is 2.50. The summed E-state index contributed by atoms with van der Waals surface area (Å²) in [5.41, 5.74) is 2.80. The fourth-order valence-electron chi connectivity index (χ4n) is 2.77. The zero-order valence-electron chi connectivity index (χ0n) is 11.4. The van der Waals surface area contributed by atoms with Crippen LogP contribution in [0.3, 0.4) is 0 Å². The van der Waals surface area contributed by atoms with Gasteiger partial charge in [0.1, 0.15) is 11.6 Å². The number of Topliss-reactive ketones (excluding diaryl/α,β-unsaturated/α-hetero) is 1. The standard InChI is InChI=1S/C16H17FN2O/c1-10-3-2-4-13-16(10)19-15(18-13)9-14(20)11-5-7-12(17)8-6-11/h5-8,10H,2-4,9H2,1H3,(H,18,19). The maximum Gasteiger partial charge on any atom is 0.170 e. The molecule has 1 aliphatic carbocycles. The number of carbonyl (C=O) groups is 1. The summed E-state index contributed by atoms with van der Waals surface area (Å²) in [4.78, 5) is 20.0. The maximum absolute atomic E-state index is 12.8. The first-order valence-corrected chi connectivity index (χ1v) is 7.00. The van der Waals surface area contributed by atoms with Gasteiger partial charge < -0.3 is 4.98 Å².